The predicted molar refractivity (Wildman–Crippen MR) is 131 cm³/mol. The van der Waals surface area contributed by atoms with E-state index in [1.807, 2.05) is 31.2 Å². The molecular formula is C27H27N3O5. The van der Waals surface area contributed by atoms with Gasteiger partial charge in [0.15, 0.2) is 0 Å². The molecule has 3 N–H and O–H groups in total. The van der Waals surface area contributed by atoms with Crippen molar-refractivity contribution in [3.63, 3.8) is 0 Å². The maximum absolute atomic E-state index is 12.4. The molecule has 8 heteroatoms. The third-order valence-corrected chi connectivity index (χ3v) is 6.05. The molecule has 0 radical (unpaired) electrons. The zero-order valence-electron chi connectivity index (χ0n) is 19.4. The molecule has 0 saturated heterocycles. The van der Waals surface area contributed by atoms with E-state index in [1.165, 1.54) is 12.3 Å². The monoisotopic (exact) mass is 473 g/mol. The van der Waals surface area contributed by atoms with Gasteiger partial charge in [-0.05, 0) is 46.7 Å². The van der Waals surface area contributed by atoms with Crippen LogP contribution in [0.5, 0.6) is 0 Å². The predicted octanol–water partition coefficient (Wildman–Crippen LogP) is 4.67. The third-order valence-electron chi connectivity index (χ3n) is 6.05. The van der Waals surface area contributed by atoms with Crippen LogP contribution in [0.4, 0.5) is 10.5 Å². The smallest absolute Gasteiger partial charge is 0.411 e. The SMILES string of the molecule is CC(CCC(=O)O)CNC(=O)c1ccc(NC(=O)OCC2c3ccccc3-c3ccccc32)cn1. The first-order valence-electron chi connectivity index (χ1n) is 11.5. The maximum atomic E-state index is 12.4. The number of aliphatic carboxylic acids is 1. The number of carboxylic acids is 1. The van der Waals surface area contributed by atoms with Crippen molar-refractivity contribution < 1.29 is 24.2 Å². The minimum absolute atomic E-state index is 0.0320. The Kier molecular flexibility index (Phi) is 7.40. The van der Waals surface area contributed by atoms with Crippen LogP contribution in [0, 0.1) is 5.92 Å². The van der Waals surface area contributed by atoms with E-state index in [0.29, 0.717) is 18.7 Å². The van der Waals surface area contributed by atoms with Crippen molar-refractivity contribution in [3.05, 3.63) is 83.7 Å². The van der Waals surface area contributed by atoms with Crippen LogP contribution >= 0.6 is 0 Å². The lowest BCUT2D eigenvalue weighted by molar-refractivity contribution is -0.137. The standard InChI is InChI=1S/C27H27N3O5/c1-17(10-13-25(31)32)14-29-26(33)24-12-11-18(15-28-24)30-27(34)35-16-23-21-8-4-2-6-19(21)20-7-3-5-9-22(20)23/h2-9,11-12,15,17,23H,10,13-14,16H2,1H3,(H,29,33)(H,30,34)(H,31,32). The number of carbonyl (C=O) groups excluding carboxylic acids is 2. The van der Waals surface area contributed by atoms with Gasteiger partial charge in [-0.25, -0.2) is 9.78 Å². The number of carboxylic acid groups (broad SMARTS) is 1. The molecule has 1 aliphatic rings. The van der Waals surface area contributed by atoms with E-state index in [2.05, 4.69) is 39.9 Å². The molecule has 2 aromatic carbocycles. The number of pyridine rings is 1. The molecule has 1 aromatic heterocycles. The van der Waals surface area contributed by atoms with Gasteiger partial charge < -0.3 is 15.2 Å². The summed E-state index contributed by atoms with van der Waals surface area (Å²) in [4.78, 5) is 39.4. The van der Waals surface area contributed by atoms with Crippen molar-refractivity contribution in [2.45, 2.75) is 25.7 Å². The van der Waals surface area contributed by atoms with Gasteiger partial charge in [0, 0.05) is 18.9 Å². The van der Waals surface area contributed by atoms with Gasteiger partial charge in [-0.2, -0.15) is 0 Å². The Hall–Kier alpha value is -4.20. The van der Waals surface area contributed by atoms with E-state index >= 15 is 0 Å². The van der Waals surface area contributed by atoms with Crippen molar-refractivity contribution in [1.29, 1.82) is 0 Å². The topological polar surface area (TPSA) is 118 Å². The van der Waals surface area contributed by atoms with Crippen LogP contribution in [0.15, 0.2) is 66.9 Å². The highest BCUT2D eigenvalue weighted by molar-refractivity contribution is 5.93. The molecule has 180 valence electrons. The van der Waals surface area contributed by atoms with Crippen LogP contribution in [-0.4, -0.2) is 41.2 Å². The molecule has 4 rings (SSSR count). The van der Waals surface area contributed by atoms with Crippen LogP contribution in [0.2, 0.25) is 0 Å². The Morgan fingerprint density at radius 3 is 2.26 bits per heavy atom. The fourth-order valence-corrected chi connectivity index (χ4v) is 4.18. The summed E-state index contributed by atoms with van der Waals surface area (Å²) in [6.07, 6.45) is 1.33. The zero-order chi connectivity index (χ0) is 24.8. The van der Waals surface area contributed by atoms with Gasteiger partial charge in [0.1, 0.15) is 12.3 Å². The quantitative estimate of drug-likeness (QED) is 0.416. The van der Waals surface area contributed by atoms with E-state index in [0.717, 1.165) is 22.3 Å². The number of carbonyl (C=O) groups is 3. The summed E-state index contributed by atoms with van der Waals surface area (Å²) in [6.45, 7) is 2.43. The fraction of sp³-hybridized carbons (Fsp3) is 0.259. The molecular weight excluding hydrogens is 446 g/mol. The molecule has 3 aromatic rings. The second-order valence-corrected chi connectivity index (χ2v) is 8.63. The first-order valence-corrected chi connectivity index (χ1v) is 11.5. The average molecular weight is 474 g/mol. The summed E-state index contributed by atoms with van der Waals surface area (Å²) >= 11 is 0. The van der Waals surface area contributed by atoms with Gasteiger partial charge in [0.25, 0.3) is 5.91 Å². The second-order valence-electron chi connectivity index (χ2n) is 8.63. The molecule has 0 saturated carbocycles. The molecule has 0 spiro atoms. The Morgan fingerprint density at radius 1 is 1.00 bits per heavy atom. The second kappa shape index (κ2) is 10.8. The van der Waals surface area contributed by atoms with Gasteiger partial charge >= 0.3 is 12.1 Å². The Bertz CT molecular complexity index is 1180. The van der Waals surface area contributed by atoms with Crippen LogP contribution in [-0.2, 0) is 9.53 Å². The molecule has 2 amide bonds. The molecule has 1 aliphatic carbocycles. The fourth-order valence-electron chi connectivity index (χ4n) is 4.18. The molecule has 35 heavy (non-hydrogen) atoms. The van der Waals surface area contributed by atoms with Gasteiger partial charge in [0.05, 0.1) is 11.9 Å². The summed E-state index contributed by atoms with van der Waals surface area (Å²) in [5, 5.41) is 14.1. The normalized spacial score (nSPS) is 12.8. The number of amides is 2. The number of hydrogen-bond acceptors (Lipinski definition) is 5. The minimum atomic E-state index is -0.857. The molecule has 0 bridgehead atoms. The molecule has 1 atom stereocenters. The van der Waals surface area contributed by atoms with Crippen molar-refractivity contribution >= 4 is 23.7 Å². The van der Waals surface area contributed by atoms with E-state index in [-0.39, 0.29) is 36.5 Å². The highest BCUT2D eigenvalue weighted by atomic mass is 16.5. The van der Waals surface area contributed by atoms with Gasteiger partial charge in [0.2, 0.25) is 0 Å². The lowest BCUT2D eigenvalue weighted by atomic mass is 9.98. The van der Waals surface area contributed by atoms with Crippen molar-refractivity contribution in [3.8, 4) is 11.1 Å². The number of nitrogens with zero attached hydrogens (tertiary/aromatic N) is 1. The van der Waals surface area contributed by atoms with E-state index < -0.39 is 12.1 Å². The maximum Gasteiger partial charge on any atom is 0.411 e. The van der Waals surface area contributed by atoms with E-state index in [1.54, 1.807) is 6.07 Å². The first-order chi connectivity index (χ1) is 16.9. The number of ether oxygens (including phenoxy) is 1. The lowest BCUT2D eigenvalue weighted by Gasteiger charge is -2.14. The summed E-state index contributed by atoms with van der Waals surface area (Å²) in [5.41, 5.74) is 5.20. The Balaban J connectivity index is 1.29. The number of hydrogen-bond donors (Lipinski definition) is 3. The van der Waals surface area contributed by atoms with Gasteiger partial charge in [-0.15, -0.1) is 0 Å². The van der Waals surface area contributed by atoms with Crippen LogP contribution in [0.3, 0.4) is 0 Å². The largest absolute Gasteiger partial charge is 0.481 e. The average Bonchev–Trinajstić information content (AvgIpc) is 3.19. The summed E-state index contributed by atoms with van der Waals surface area (Å²) < 4.78 is 5.53. The number of nitrogens with one attached hydrogen (secondary N) is 2. The van der Waals surface area contributed by atoms with Crippen molar-refractivity contribution in [1.82, 2.24) is 10.3 Å². The summed E-state index contributed by atoms with van der Waals surface area (Å²) in [5.74, 6) is -1.22. The molecule has 1 unspecified atom stereocenters. The number of benzene rings is 2. The van der Waals surface area contributed by atoms with Crippen molar-refractivity contribution in [2.24, 2.45) is 5.92 Å². The minimum Gasteiger partial charge on any atom is -0.481 e. The number of aromatic nitrogens is 1. The molecule has 0 fully saturated rings. The molecule has 0 aliphatic heterocycles. The molecule has 1 heterocycles. The Morgan fingerprint density at radius 2 is 1.66 bits per heavy atom. The Labute approximate surface area is 203 Å². The number of rotatable bonds is 9. The van der Waals surface area contributed by atoms with E-state index in [9.17, 15) is 14.4 Å². The van der Waals surface area contributed by atoms with Crippen LogP contribution in [0.25, 0.3) is 11.1 Å². The zero-order valence-corrected chi connectivity index (χ0v) is 19.4. The first kappa shape index (κ1) is 23.9. The number of anilines is 1. The van der Waals surface area contributed by atoms with Crippen LogP contribution < -0.4 is 10.6 Å². The summed E-state index contributed by atoms with van der Waals surface area (Å²) in [7, 11) is 0. The third kappa shape index (κ3) is 5.84. The van der Waals surface area contributed by atoms with Crippen LogP contribution in [0.1, 0.15) is 47.3 Å². The lowest BCUT2D eigenvalue weighted by Crippen LogP contribution is -2.29. The van der Waals surface area contributed by atoms with Gasteiger partial charge in [-0.3, -0.25) is 14.9 Å². The highest BCUT2D eigenvalue weighted by Gasteiger charge is 2.29. The van der Waals surface area contributed by atoms with E-state index in [4.69, 9.17) is 9.84 Å². The molecule has 8 nitrogen and oxygen atoms in total. The summed E-state index contributed by atoms with van der Waals surface area (Å²) in [6, 6.07) is 19.3. The highest BCUT2D eigenvalue weighted by Crippen LogP contribution is 2.44. The van der Waals surface area contributed by atoms with Gasteiger partial charge in [-0.1, -0.05) is 55.5 Å². The van der Waals surface area contributed by atoms with Crippen molar-refractivity contribution in [2.75, 3.05) is 18.5 Å². The number of fused-ring (bicyclic) bond motifs is 3.